The fourth-order valence-electron chi connectivity index (χ4n) is 12.1. The Labute approximate surface area is 432 Å². The summed E-state index contributed by atoms with van der Waals surface area (Å²) in [5, 5.41) is 37.7. The molecule has 16 aromatic rings. The van der Waals surface area contributed by atoms with Crippen LogP contribution in [0.3, 0.4) is 0 Å². The molecule has 0 bridgehead atoms. The smallest absolute Gasteiger partial charge is 0.0464 e. The molecular weight excluding hydrogens is 905 g/mol. The zero-order valence-electron chi connectivity index (χ0n) is 41.0. The van der Waals surface area contributed by atoms with Crippen LogP contribution in [0.1, 0.15) is 11.1 Å². The van der Waals surface area contributed by atoms with Gasteiger partial charge in [-0.25, -0.2) is 0 Å². The van der Waals surface area contributed by atoms with Crippen LogP contribution in [0, 0.1) is 0 Å². The minimum Gasteiger partial charge on any atom is -0.355 e. The van der Waals surface area contributed by atoms with Gasteiger partial charge in [0.15, 0.2) is 0 Å². The molecule has 2 nitrogen and oxygen atoms in total. The van der Waals surface area contributed by atoms with Crippen LogP contribution in [-0.4, -0.2) is 0 Å². The second kappa shape index (κ2) is 16.4. The van der Waals surface area contributed by atoms with Crippen LogP contribution < -0.4 is 10.6 Å². The van der Waals surface area contributed by atoms with Crippen molar-refractivity contribution in [2.24, 2.45) is 0 Å². The summed E-state index contributed by atoms with van der Waals surface area (Å²) in [6.07, 6.45) is 0.855. The van der Waals surface area contributed by atoms with E-state index in [1.165, 1.54) is 140 Å². The van der Waals surface area contributed by atoms with Gasteiger partial charge in [0.2, 0.25) is 0 Å². The maximum Gasteiger partial charge on any atom is 0.0464 e. The molecule has 0 aliphatic rings. The molecule has 75 heavy (non-hydrogen) atoms. The SMILES string of the molecule is c1ccc2cc3cc4cc5cc6cc7c(Nc8ccc(Cc9ccc(Nc%10cccc%11cc%12cc%13cc%14cc%15cc%16ccccc%16cc%15cc%14cc%13cc%12cc%10%11)cc9)cc8)cccc7cc6cc5cc4cc3cc2c1. The first-order valence-electron chi connectivity index (χ1n) is 26.0. The third-order valence-corrected chi connectivity index (χ3v) is 16.0. The Morgan fingerprint density at radius 1 is 0.187 bits per heavy atom. The Bertz CT molecular complexity index is 4750. The minimum absolute atomic E-state index is 0.855. The third kappa shape index (κ3) is 7.33. The summed E-state index contributed by atoms with van der Waals surface area (Å²) in [6.45, 7) is 0. The Balaban J connectivity index is 0.632. The summed E-state index contributed by atoms with van der Waals surface area (Å²) >= 11 is 0. The minimum atomic E-state index is 0.855. The number of benzene rings is 16. The highest BCUT2D eigenvalue weighted by Gasteiger charge is 2.12. The van der Waals surface area contributed by atoms with Gasteiger partial charge in [-0.05, 0) is 294 Å². The first-order valence-corrected chi connectivity index (χ1v) is 26.0. The summed E-state index contributed by atoms with van der Waals surface area (Å²) in [7, 11) is 0. The molecule has 0 radical (unpaired) electrons. The van der Waals surface area contributed by atoms with E-state index in [4.69, 9.17) is 0 Å². The van der Waals surface area contributed by atoms with Gasteiger partial charge in [-0.3, -0.25) is 0 Å². The summed E-state index contributed by atoms with van der Waals surface area (Å²) < 4.78 is 0. The monoisotopic (exact) mass is 950 g/mol. The largest absolute Gasteiger partial charge is 0.355 e. The van der Waals surface area contributed by atoms with Crippen LogP contribution >= 0.6 is 0 Å². The van der Waals surface area contributed by atoms with E-state index in [0.29, 0.717) is 0 Å². The lowest BCUT2D eigenvalue weighted by atomic mass is 9.95. The van der Waals surface area contributed by atoms with Crippen molar-refractivity contribution in [3.05, 3.63) is 266 Å². The molecule has 0 saturated carbocycles. The van der Waals surface area contributed by atoms with E-state index >= 15 is 0 Å². The highest BCUT2D eigenvalue weighted by molar-refractivity contribution is 6.15. The summed E-state index contributed by atoms with van der Waals surface area (Å²) in [6, 6.07) is 95.1. The van der Waals surface area contributed by atoms with Gasteiger partial charge in [-0.2, -0.15) is 0 Å². The van der Waals surface area contributed by atoms with Crippen molar-refractivity contribution in [3.8, 4) is 0 Å². The molecule has 348 valence electrons. The zero-order chi connectivity index (χ0) is 49.1. The summed E-state index contributed by atoms with van der Waals surface area (Å²) in [5.74, 6) is 0. The van der Waals surface area contributed by atoms with Crippen molar-refractivity contribution in [1.29, 1.82) is 0 Å². The van der Waals surface area contributed by atoms with Gasteiger partial charge in [-0.1, -0.05) is 97.1 Å². The van der Waals surface area contributed by atoms with Crippen LogP contribution in [0.25, 0.3) is 129 Å². The number of anilines is 4. The Kier molecular flexibility index (Phi) is 9.13. The molecule has 0 spiro atoms. The number of fused-ring (bicyclic) bond motifs is 12. The Hall–Kier alpha value is -9.76. The standard InChI is InChI=1S/C73H46N2/c1-3-9-48-26-54-32-60-38-64-40-66-42-70-50(28-56(66)34-62(64)36-58(60)30-52(54)24-46(48)7-1)11-5-13-72(70)74-68-19-15-44(16-20-68)23-45-17-21-69(22-18-45)75-73-14-6-12-51-29-57-35-63-37-59-31-53-25-47-8-2-4-10-49(47)27-55(53)33-61(59)39-65(63)41-67(57)43-71(51)73/h1-22,24-43,74-75H,23H2. The Morgan fingerprint density at radius 2 is 0.413 bits per heavy atom. The highest BCUT2D eigenvalue weighted by Crippen LogP contribution is 2.38. The van der Waals surface area contributed by atoms with Crippen molar-refractivity contribution in [2.45, 2.75) is 6.42 Å². The molecule has 0 heterocycles. The molecule has 16 rings (SSSR count). The number of hydrogen-bond acceptors (Lipinski definition) is 2. The van der Waals surface area contributed by atoms with E-state index in [-0.39, 0.29) is 0 Å². The van der Waals surface area contributed by atoms with Gasteiger partial charge in [0.25, 0.3) is 0 Å². The molecule has 0 aliphatic heterocycles. The number of nitrogens with one attached hydrogen (secondary N) is 2. The average Bonchev–Trinajstić information content (AvgIpc) is 3.44. The van der Waals surface area contributed by atoms with E-state index in [2.05, 4.69) is 265 Å². The van der Waals surface area contributed by atoms with Crippen LogP contribution in [0.2, 0.25) is 0 Å². The van der Waals surface area contributed by atoms with E-state index in [1.807, 2.05) is 0 Å². The maximum absolute atomic E-state index is 3.76. The molecule has 0 unspecified atom stereocenters. The van der Waals surface area contributed by atoms with E-state index < -0.39 is 0 Å². The topological polar surface area (TPSA) is 24.1 Å². The molecule has 0 saturated heterocycles. The van der Waals surface area contributed by atoms with Crippen molar-refractivity contribution in [2.75, 3.05) is 10.6 Å². The van der Waals surface area contributed by atoms with Crippen molar-refractivity contribution in [1.82, 2.24) is 0 Å². The van der Waals surface area contributed by atoms with Gasteiger partial charge in [0.1, 0.15) is 0 Å². The van der Waals surface area contributed by atoms with Gasteiger partial charge in [0.05, 0.1) is 0 Å². The normalized spacial score (nSPS) is 12.1. The predicted octanol–water partition coefficient (Wildman–Crippen LogP) is 20.6. The first-order chi connectivity index (χ1) is 37.0. The highest BCUT2D eigenvalue weighted by atomic mass is 14.9. The van der Waals surface area contributed by atoms with Crippen LogP contribution in [-0.2, 0) is 6.42 Å². The lowest BCUT2D eigenvalue weighted by Crippen LogP contribution is -1.94. The van der Waals surface area contributed by atoms with Gasteiger partial charge >= 0.3 is 0 Å². The van der Waals surface area contributed by atoms with E-state index in [1.54, 1.807) is 0 Å². The molecule has 2 N–H and O–H groups in total. The molecule has 0 fully saturated rings. The van der Waals surface area contributed by atoms with E-state index in [9.17, 15) is 0 Å². The maximum atomic E-state index is 3.76. The lowest BCUT2D eigenvalue weighted by molar-refractivity contribution is 1.19. The quantitative estimate of drug-likeness (QED) is 0.162. The molecular formula is C73H46N2. The van der Waals surface area contributed by atoms with E-state index in [0.717, 1.165) is 29.2 Å². The Morgan fingerprint density at radius 3 is 0.693 bits per heavy atom. The van der Waals surface area contributed by atoms with Crippen molar-refractivity contribution < 1.29 is 0 Å². The van der Waals surface area contributed by atoms with Crippen LogP contribution in [0.4, 0.5) is 22.7 Å². The fourth-order valence-corrected chi connectivity index (χ4v) is 12.1. The van der Waals surface area contributed by atoms with Gasteiger partial charge in [0, 0.05) is 33.5 Å². The van der Waals surface area contributed by atoms with Crippen molar-refractivity contribution in [3.63, 3.8) is 0 Å². The second-order valence-electron chi connectivity index (χ2n) is 20.9. The van der Waals surface area contributed by atoms with Crippen LogP contribution in [0.15, 0.2) is 255 Å². The molecule has 0 aliphatic carbocycles. The lowest BCUT2D eigenvalue weighted by Gasteiger charge is -2.13. The second-order valence-corrected chi connectivity index (χ2v) is 20.9. The molecule has 16 aromatic carbocycles. The summed E-state index contributed by atoms with van der Waals surface area (Å²) in [4.78, 5) is 0. The zero-order valence-corrected chi connectivity index (χ0v) is 41.0. The van der Waals surface area contributed by atoms with Crippen LogP contribution in [0.5, 0.6) is 0 Å². The third-order valence-electron chi connectivity index (χ3n) is 16.0. The predicted molar refractivity (Wildman–Crippen MR) is 325 cm³/mol. The van der Waals surface area contributed by atoms with Gasteiger partial charge in [-0.15, -0.1) is 0 Å². The first kappa shape index (κ1) is 41.8. The molecule has 0 atom stereocenters. The average molecular weight is 951 g/mol. The molecule has 2 heteroatoms. The number of hydrogen-bond donors (Lipinski definition) is 2. The van der Waals surface area contributed by atoms with Crippen molar-refractivity contribution >= 4 is 152 Å². The number of rotatable bonds is 6. The molecule has 0 amide bonds. The van der Waals surface area contributed by atoms with Gasteiger partial charge < -0.3 is 10.6 Å². The molecule has 0 aromatic heterocycles. The summed E-state index contributed by atoms with van der Waals surface area (Å²) in [5.41, 5.74) is 6.90. The fraction of sp³-hybridized carbons (Fsp3) is 0.0137.